The van der Waals surface area contributed by atoms with Crippen LogP contribution in [0.4, 0.5) is 5.13 Å². The van der Waals surface area contributed by atoms with Crippen molar-refractivity contribution >= 4 is 44.2 Å². The molecule has 2 aromatic heterocycles. The first-order chi connectivity index (χ1) is 13.7. The van der Waals surface area contributed by atoms with Gasteiger partial charge in [-0.25, -0.2) is 4.98 Å². The molecule has 4 aromatic rings. The molecule has 6 heteroatoms. The van der Waals surface area contributed by atoms with E-state index in [2.05, 4.69) is 18.0 Å². The number of carbonyl (C=O) groups excluding carboxylic acids is 1. The van der Waals surface area contributed by atoms with E-state index in [1.807, 2.05) is 30.3 Å². The number of nitrogens with zero attached hydrogens (tertiary/aromatic N) is 3. The van der Waals surface area contributed by atoms with Gasteiger partial charge in [0.15, 0.2) is 5.13 Å². The molecule has 1 amide bonds. The molecule has 0 bridgehead atoms. The zero-order valence-electron chi connectivity index (χ0n) is 15.3. The highest BCUT2D eigenvalue weighted by molar-refractivity contribution is 7.22. The van der Waals surface area contributed by atoms with Crippen molar-refractivity contribution in [3.63, 3.8) is 0 Å². The number of anilines is 1. The fourth-order valence-corrected chi connectivity index (χ4v) is 4.16. The highest BCUT2D eigenvalue weighted by Crippen LogP contribution is 2.32. The Morgan fingerprint density at radius 1 is 1.07 bits per heavy atom. The maximum Gasteiger partial charge on any atom is 0.260 e. The van der Waals surface area contributed by atoms with Crippen LogP contribution in [0.15, 0.2) is 66.9 Å². The van der Waals surface area contributed by atoms with Crippen molar-refractivity contribution in [2.24, 2.45) is 0 Å². The predicted octanol–water partition coefficient (Wildman–Crippen LogP) is 5.75. The van der Waals surface area contributed by atoms with E-state index in [1.165, 1.54) is 16.9 Å². The summed E-state index contributed by atoms with van der Waals surface area (Å²) in [6.45, 7) is 2.46. The van der Waals surface area contributed by atoms with Gasteiger partial charge in [0, 0.05) is 16.8 Å². The van der Waals surface area contributed by atoms with Gasteiger partial charge >= 0.3 is 0 Å². The number of pyridine rings is 1. The average molecular weight is 408 g/mol. The van der Waals surface area contributed by atoms with Gasteiger partial charge in [-0.15, -0.1) is 0 Å². The maximum atomic E-state index is 13.3. The average Bonchev–Trinajstić information content (AvgIpc) is 3.17. The highest BCUT2D eigenvalue weighted by atomic mass is 35.5. The smallest absolute Gasteiger partial charge is 0.260 e. The van der Waals surface area contributed by atoms with Gasteiger partial charge in [0.25, 0.3) is 5.91 Å². The van der Waals surface area contributed by atoms with Crippen LogP contribution in [0.5, 0.6) is 0 Å². The van der Waals surface area contributed by atoms with Crippen molar-refractivity contribution < 1.29 is 4.79 Å². The highest BCUT2D eigenvalue weighted by Gasteiger charge is 2.22. The first-order valence-corrected chi connectivity index (χ1v) is 10.2. The summed E-state index contributed by atoms with van der Waals surface area (Å²) in [5.41, 5.74) is 3.51. The van der Waals surface area contributed by atoms with Gasteiger partial charge in [0.05, 0.1) is 22.5 Å². The summed E-state index contributed by atoms with van der Waals surface area (Å²) in [6.07, 6.45) is 2.62. The Morgan fingerprint density at radius 3 is 2.61 bits per heavy atom. The minimum atomic E-state index is -0.126. The number of halogens is 1. The second-order valence-corrected chi connectivity index (χ2v) is 7.78. The quantitative estimate of drug-likeness (QED) is 0.423. The molecule has 0 N–H and O–H groups in total. The molecule has 0 aliphatic rings. The summed E-state index contributed by atoms with van der Waals surface area (Å²) in [5.74, 6) is -0.126. The summed E-state index contributed by atoms with van der Waals surface area (Å²) in [5, 5.41) is 1.27. The Kier molecular flexibility index (Phi) is 5.37. The van der Waals surface area contributed by atoms with Gasteiger partial charge in [-0.2, -0.15) is 0 Å². The number of fused-ring (bicyclic) bond motifs is 1. The molecule has 0 fully saturated rings. The molecule has 0 aliphatic heterocycles. The zero-order valence-corrected chi connectivity index (χ0v) is 16.9. The van der Waals surface area contributed by atoms with Crippen molar-refractivity contribution in [1.82, 2.24) is 9.97 Å². The molecule has 28 heavy (non-hydrogen) atoms. The molecule has 0 atom stereocenters. The Balaban J connectivity index is 1.78. The summed E-state index contributed by atoms with van der Waals surface area (Å²) >= 11 is 7.50. The molecule has 4 rings (SSSR count). The second-order valence-electron chi connectivity index (χ2n) is 6.33. The number of para-hydroxylation sites is 1. The maximum absolute atomic E-state index is 13.3. The summed E-state index contributed by atoms with van der Waals surface area (Å²) in [7, 11) is 0. The van der Waals surface area contributed by atoms with E-state index < -0.39 is 0 Å². The third kappa shape index (κ3) is 3.77. The Morgan fingerprint density at radius 2 is 1.89 bits per heavy atom. The fourth-order valence-electron chi connectivity index (χ4n) is 3.02. The van der Waals surface area contributed by atoms with Gasteiger partial charge in [-0.1, -0.05) is 48.1 Å². The minimum Gasteiger partial charge on any atom is -0.278 e. The summed E-state index contributed by atoms with van der Waals surface area (Å²) in [4.78, 5) is 24.2. The molecule has 2 heterocycles. The molecule has 0 radical (unpaired) electrons. The first kappa shape index (κ1) is 18.6. The summed E-state index contributed by atoms with van der Waals surface area (Å²) in [6, 6.07) is 18.8. The SMILES string of the molecule is CCc1cccc2sc(N(Cc3ccccn3)C(=O)c3ccc(Cl)cc3)nc12. The molecule has 0 saturated carbocycles. The lowest BCUT2D eigenvalue weighted by Gasteiger charge is -2.19. The van der Waals surface area contributed by atoms with E-state index in [-0.39, 0.29) is 5.91 Å². The van der Waals surface area contributed by atoms with E-state index in [0.717, 1.165) is 22.3 Å². The van der Waals surface area contributed by atoms with E-state index in [4.69, 9.17) is 16.6 Å². The van der Waals surface area contributed by atoms with Crippen LogP contribution in [-0.4, -0.2) is 15.9 Å². The van der Waals surface area contributed by atoms with E-state index in [0.29, 0.717) is 22.3 Å². The molecule has 4 nitrogen and oxygen atoms in total. The standard InChI is InChI=1S/C22H18ClN3OS/c1-2-15-6-5-8-19-20(15)25-22(28-19)26(14-18-7-3-4-13-24-18)21(27)16-9-11-17(23)12-10-16/h3-13H,2,14H2,1H3. The molecule has 2 aromatic carbocycles. The van der Waals surface area contributed by atoms with Crippen LogP contribution in [0.2, 0.25) is 5.02 Å². The number of aromatic nitrogens is 2. The third-order valence-electron chi connectivity index (χ3n) is 4.49. The van der Waals surface area contributed by atoms with Crippen LogP contribution in [0.1, 0.15) is 28.5 Å². The molecule has 0 spiro atoms. The van der Waals surface area contributed by atoms with Crippen molar-refractivity contribution in [3.05, 3.63) is 88.7 Å². The number of aryl methyl sites for hydroxylation is 1. The van der Waals surface area contributed by atoms with E-state index in [9.17, 15) is 4.79 Å². The minimum absolute atomic E-state index is 0.126. The van der Waals surface area contributed by atoms with Gasteiger partial charge < -0.3 is 0 Å². The number of hydrogen-bond donors (Lipinski definition) is 0. The lowest BCUT2D eigenvalue weighted by Crippen LogP contribution is -2.30. The second kappa shape index (κ2) is 8.09. The number of rotatable bonds is 5. The Labute approximate surface area is 172 Å². The van der Waals surface area contributed by atoms with Crippen LogP contribution in [0.25, 0.3) is 10.2 Å². The molecule has 0 aliphatic carbocycles. The monoisotopic (exact) mass is 407 g/mol. The normalized spacial score (nSPS) is 10.9. The van der Waals surface area contributed by atoms with E-state index >= 15 is 0 Å². The molecular weight excluding hydrogens is 390 g/mol. The zero-order chi connectivity index (χ0) is 19.5. The Hall–Kier alpha value is -2.76. The van der Waals surface area contributed by atoms with Gasteiger partial charge in [0.2, 0.25) is 0 Å². The van der Waals surface area contributed by atoms with Crippen molar-refractivity contribution in [1.29, 1.82) is 0 Å². The summed E-state index contributed by atoms with van der Waals surface area (Å²) < 4.78 is 1.07. The van der Waals surface area contributed by atoms with Crippen molar-refractivity contribution in [2.45, 2.75) is 19.9 Å². The van der Waals surface area contributed by atoms with Gasteiger partial charge in [0.1, 0.15) is 0 Å². The van der Waals surface area contributed by atoms with Crippen molar-refractivity contribution in [2.75, 3.05) is 4.90 Å². The van der Waals surface area contributed by atoms with Gasteiger partial charge in [-0.3, -0.25) is 14.7 Å². The number of thiazole rings is 1. The van der Waals surface area contributed by atoms with Crippen LogP contribution < -0.4 is 4.90 Å². The Bertz CT molecular complexity index is 1110. The number of carbonyl (C=O) groups is 1. The van der Waals surface area contributed by atoms with Gasteiger partial charge in [-0.05, 0) is 54.4 Å². The molecule has 0 unspecified atom stereocenters. The third-order valence-corrected chi connectivity index (χ3v) is 5.78. The van der Waals surface area contributed by atoms with E-state index in [1.54, 1.807) is 35.4 Å². The molecule has 140 valence electrons. The van der Waals surface area contributed by atoms with Crippen LogP contribution in [0, 0.1) is 0 Å². The topological polar surface area (TPSA) is 46.1 Å². The van der Waals surface area contributed by atoms with Crippen LogP contribution in [-0.2, 0) is 13.0 Å². The largest absolute Gasteiger partial charge is 0.278 e. The first-order valence-electron chi connectivity index (χ1n) is 9.01. The number of benzene rings is 2. The van der Waals surface area contributed by atoms with Crippen LogP contribution >= 0.6 is 22.9 Å². The molecule has 0 saturated heterocycles. The van der Waals surface area contributed by atoms with Crippen LogP contribution in [0.3, 0.4) is 0 Å². The molecular formula is C22H18ClN3OS. The van der Waals surface area contributed by atoms with Crippen molar-refractivity contribution in [3.8, 4) is 0 Å². The number of hydrogen-bond acceptors (Lipinski definition) is 4. The number of amides is 1. The lowest BCUT2D eigenvalue weighted by molar-refractivity contribution is 0.0985. The lowest BCUT2D eigenvalue weighted by atomic mass is 10.1. The fraction of sp³-hybridized carbons (Fsp3) is 0.136. The predicted molar refractivity (Wildman–Crippen MR) is 115 cm³/mol.